The van der Waals surface area contributed by atoms with Gasteiger partial charge in [-0.25, -0.2) is 9.97 Å². The Morgan fingerprint density at radius 3 is 3.06 bits per heavy atom. The summed E-state index contributed by atoms with van der Waals surface area (Å²) in [5.41, 5.74) is 1.61. The van der Waals surface area contributed by atoms with Crippen molar-refractivity contribution in [1.29, 1.82) is 5.26 Å². The minimum atomic E-state index is 0.391. The van der Waals surface area contributed by atoms with E-state index in [1.54, 1.807) is 23.6 Å². The van der Waals surface area contributed by atoms with Gasteiger partial charge in [0.15, 0.2) is 0 Å². The van der Waals surface area contributed by atoms with E-state index in [9.17, 15) is 0 Å². The first-order valence-corrected chi connectivity index (χ1v) is 5.69. The lowest BCUT2D eigenvalue weighted by Gasteiger charge is -2.15. The first-order valence-electron chi connectivity index (χ1n) is 4.75. The molecule has 0 amide bonds. The highest BCUT2D eigenvalue weighted by atomic mass is 32.1. The van der Waals surface area contributed by atoms with Crippen molar-refractivity contribution in [3.8, 4) is 6.07 Å². The van der Waals surface area contributed by atoms with Crippen LogP contribution in [-0.2, 0) is 6.54 Å². The van der Waals surface area contributed by atoms with E-state index in [4.69, 9.17) is 5.26 Å². The molecular formula is C11H10N4S. The fourth-order valence-corrected chi connectivity index (χ4v) is 1.98. The van der Waals surface area contributed by atoms with Gasteiger partial charge in [-0.1, -0.05) is 0 Å². The number of rotatable bonds is 3. The van der Waals surface area contributed by atoms with Gasteiger partial charge in [-0.3, -0.25) is 0 Å². The highest BCUT2D eigenvalue weighted by Gasteiger charge is 2.06. The Labute approximate surface area is 97.8 Å². The number of aromatic nitrogens is 2. The van der Waals surface area contributed by atoms with Crippen LogP contribution in [-0.4, -0.2) is 17.0 Å². The van der Waals surface area contributed by atoms with E-state index in [0.717, 1.165) is 6.54 Å². The molecule has 0 aliphatic carbocycles. The van der Waals surface area contributed by atoms with Crippen LogP contribution in [0.15, 0.2) is 29.1 Å². The van der Waals surface area contributed by atoms with Crippen LogP contribution in [0.1, 0.15) is 11.3 Å². The van der Waals surface area contributed by atoms with E-state index < -0.39 is 0 Å². The molecule has 0 aromatic carbocycles. The third-order valence-electron chi connectivity index (χ3n) is 2.10. The predicted octanol–water partition coefficient (Wildman–Crippen LogP) is 2.05. The molecule has 2 rings (SSSR count). The molecule has 0 radical (unpaired) electrons. The lowest BCUT2D eigenvalue weighted by Crippen LogP contribution is -2.18. The van der Waals surface area contributed by atoms with Crippen molar-refractivity contribution in [2.45, 2.75) is 6.54 Å². The number of nitrogens with zero attached hydrogens (tertiary/aromatic N) is 4. The van der Waals surface area contributed by atoms with Gasteiger partial charge < -0.3 is 4.90 Å². The molecule has 0 aliphatic rings. The summed E-state index contributed by atoms with van der Waals surface area (Å²) < 4.78 is 0. The summed E-state index contributed by atoms with van der Waals surface area (Å²) in [7, 11) is 1.91. The van der Waals surface area contributed by atoms with Gasteiger partial charge in [0.1, 0.15) is 11.8 Å². The second-order valence-electron chi connectivity index (χ2n) is 3.34. The minimum Gasteiger partial charge on any atom is -0.339 e. The van der Waals surface area contributed by atoms with Crippen molar-refractivity contribution in [2.24, 2.45) is 0 Å². The van der Waals surface area contributed by atoms with E-state index in [-0.39, 0.29) is 0 Å². The number of thiophene rings is 1. The zero-order valence-corrected chi connectivity index (χ0v) is 9.61. The SMILES string of the molecule is CN(Cc1ccsc1)c1nccc(C#N)n1. The average Bonchev–Trinajstić information content (AvgIpc) is 2.82. The molecule has 2 aromatic heterocycles. The van der Waals surface area contributed by atoms with Crippen LogP contribution >= 0.6 is 11.3 Å². The number of hydrogen-bond donors (Lipinski definition) is 0. The van der Waals surface area contributed by atoms with Gasteiger partial charge in [-0.2, -0.15) is 16.6 Å². The standard InChI is InChI=1S/C11H10N4S/c1-15(7-9-3-5-16-8-9)11-13-4-2-10(6-12)14-11/h2-5,8H,7H2,1H3. The van der Waals surface area contributed by atoms with Gasteiger partial charge in [-0.15, -0.1) is 0 Å². The van der Waals surface area contributed by atoms with E-state index in [0.29, 0.717) is 11.6 Å². The molecule has 2 heterocycles. The molecule has 2 aromatic rings. The Hall–Kier alpha value is -1.93. The number of anilines is 1. The topological polar surface area (TPSA) is 52.8 Å². The van der Waals surface area contributed by atoms with Crippen LogP contribution < -0.4 is 4.90 Å². The molecule has 0 bridgehead atoms. The molecule has 80 valence electrons. The van der Waals surface area contributed by atoms with Crippen LogP contribution in [0.2, 0.25) is 0 Å². The molecule has 16 heavy (non-hydrogen) atoms. The highest BCUT2D eigenvalue weighted by Crippen LogP contribution is 2.12. The summed E-state index contributed by atoms with van der Waals surface area (Å²) in [6, 6.07) is 5.67. The first-order chi connectivity index (χ1) is 7.79. The van der Waals surface area contributed by atoms with Crippen molar-refractivity contribution >= 4 is 17.3 Å². The molecule has 0 aliphatic heterocycles. The van der Waals surface area contributed by atoms with Crippen LogP contribution in [0.4, 0.5) is 5.95 Å². The third-order valence-corrected chi connectivity index (χ3v) is 2.83. The lowest BCUT2D eigenvalue weighted by atomic mass is 10.3. The Bertz CT molecular complexity index is 501. The second-order valence-corrected chi connectivity index (χ2v) is 4.12. The van der Waals surface area contributed by atoms with Gasteiger partial charge in [0.25, 0.3) is 0 Å². The normalized spacial score (nSPS) is 9.75. The zero-order valence-electron chi connectivity index (χ0n) is 8.79. The molecular weight excluding hydrogens is 220 g/mol. The van der Waals surface area contributed by atoms with E-state index in [1.807, 2.05) is 23.4 Å². The van der Waals surface area contributed by atoms with Crippen LogP contribution in [0.25, 0.3) is 0 Å². The molecule has 0 atom stereocenters. The number of hydrogen-bond acceptors (Lipinski definition) is 5. The van der Waals surface area contributed by atoms with Gasteiger partial charge >= 0.3 is 0 Å². The summed E-state index contributed by atoms with van der Waals surface area (Å²) in [4.78, 5) is 10.2. The van der Waals surface area contributed by atoms with Crippen LogP contribution in [0, 0.1) is 11.3 Å². The summed E-state index contributed by atoms with van der Waals surface area (Å²) in [5, 5.41) is 12.9. The monoisotopic (exact) mass is 230 g/mol. The zero-order chi connectivity index (χ0) is 11.4. The molecule has 0 N–H and O–H groups in total. The molecule has 0 saturated heterocycles. The van der Waals surface area contributed by atoms with E-state index in [1.165, 1.54) is 5.56 Å². The maximum Gasteiger partial charge on any atom is 0.226 e. The van der Waals surface area contributed by atoms with Crippen LogP contribution in [0.3, 0.4) is 0 Å². The average molecular weight is 230 g/mol. The Morgan fingerprint density at radius 2 is 2.38 bits per heavy atom. The van der Waals surface area contributed by atoms with Gasteiger partial charge in [-0.05, 0) is 28.5 Å². The fraction of sp³-hybridized carbons (Fsp3) is 0.182. The largest absolute Gasteiger partial charge is 0.339 e. The van der Waals surface area contributed by atoms with Crippen molar-refractivity contribution in [2.75, 3.05) is 11.9 Å². The quantitative estimate of drug-likeness (QED) is 0.809. The summed E-state index contributed by atoms with van der Waals surface area (Å²) >= 11 is 1.66. The number of nitriles is 1. The maximum absolute atomic E-state index is 8.74. The molecule has 0 unspecified atom stereocenters. The predicted molar refractivity (Wildman–Crippen MR) is 63.2 cm³/mol. The first kappa shape index (κ1) is 10.6. The van der Waals surface area contributed by atoms with Crippen LogP contribution in [0.5, 0.6) is 0 Å². The van der Waals surface area contributed by atoms with Crippen molar-refractivity contribution in [1.82, 2.24) is 9.97 Å². The minimum absolute atomic E-state index is 0.391. The molecule has 0 spiro atoms. The van der Waals surface area contributed by atoms with Gasteiger partial charge in [0.2, 0.25) is 5.95 Å². The van der Waals surface area contributed by atoms with Crippen molar-refractivity contribution < 1.29 is 0 Å². The van der Waals surface area contributed by atoms with Gasteiger partial charge in [0.05, 0.1) is 0 Å². The Morgan fingerprint density at radius 1 is 1.50 bits per heavy atom. The molecule has 4 nitrogen and oxygen atoms in total. The third kappa shape index (κ3) is 2.35. The van der Waals surface area contributed by atoms with E-state index >= 15 is 0 Å². The molecule has 0 fully saturated rings. The molecule has 5 heteroatoms. The fourth-order valence-electron chi connectivity index (χ4n) is 1.32. The van der Waals surface area contributed by atoms with Crippen molar-refractivity contribution in [3.63, 3.8) is 0 Å². The van der Waals surface area contributed by atoms with Gasteiger partial charge in [0, 0.05) is 19.8 Å². The maximum atomic E-state index is 8.74. The highest BCUT2D eigenvalue weighted by molar-refractivity contribution is 7.07. The van der Waals surface area contributed by atoms with Crippen molar-refractivity contribution in [3.05, 3.63) is 40.3 Å². The smallest absolute Gasteiger partial charge is 0.226 e. The second kappa shape index (κ2) is 4.73. The Balaban J connectivity index is 2.15. The van der Waals surface area contributed by atoms with E-state index in [2.05, 4.69) is 21.4 Å². The lowest BCUT2D eigenvalue weighted by molar-refractivity contribution is 0.866. The summed E-state index contributed by atoms with van der Waals surface area (Å²) in [5.74, 6) is 0.574. The summed E-state index contributed by atoms with van der Waals surface area (Å²) in [6.45, 7) is 0.748. The Kier molecular flexibility index (Phi) is 3.13. The molecule has 0 saturated carbocycles. The summed E-state index contributed by atoms with van der Waals surface area (Å²) in [6.07, 6.45) is 1.60.